The van der Waals surface area contributed by atoms with E-state index < -0.39 is 0 Å². The van der Waals surface area contributed by atoms with Gasteiger partial charge in [-0.15, -0.1) is 0 Å². The minimum absolute atomic E-state index is 0.0208. The smallest absolute Gasteiger partial charge is 0.136 e. The lowest BCUT2D eigenvalue weighted by atomic mass is 10.2. The molecule has 1 saturated heterocycles. The summed E-state index contributed by atoms with van der Waals surface area (Å²) in [5.74, 6) is 0. The maximum absolute atomic E-state index is 10.2. The summed E-state index contributed by atoms with van der Waals surface area (Å²) >= 11 is 0. The Kier molecular flexibility index (Phi) is 2.67. The van der Waals surface area contributed by atoms with Crippen molar-refractivity contribution < 1.29 is 9.53 Å². The Morgan fingerprint density at radius 1 is 1.56 bits per heavy atom. The summed E-state index contributed by atoms with van der Waals surface area (Å²) in [6.07, 6.45) is 1.75. The van der Waals surface area contributed by atoms with Crippen molar-refractivity contribution in [3.8, 4) is 0 Å². The van der Waals surface area contributed by atoms with Crippen molar-refractivity contribution in [1.29, 1.82) is 0 Å². The minimum atomic E-state index is 0.0208. The Bertz CT molecular complexity index is 87.1. The van der Waals surface area contributed by atoms with Crippen LogP contribution in [-0.4, -0.2) is 32.1 Å². The molecule has 1 aliphatic rings. The molecule has 1 atom stereocenters. The molecule has 1 unspecified atom stereocenters. The molecule has 0 radical (unpaired) electrons. The fraction of sp³-hybridized carbons (Fsp3) is 0.833. The predicted molar refractivity (Wildman–Crippen MR) is 33.3 cm³/mol. The number of nitrogens with one attached hydrogen (secondary N) is 1. The van der Waals surface area contributed by atoms with E-state index >= 15 is 0 Å². The molecule has 9 heavy (non-hydrogen) atoms. The first kappa shape index (κ1) is 6.71. The van der Waals surface area contributed by atoms with Crippen molar-refractivity contribution in [2.24, 2.45) is 0 Å². The van der Waals surface area contributed by atoms with Gasteiger partial charge in [-0.05, 0) is 6.42 Å². The van der Waals surface area contributed by atoms with Crippen LogP contribution in [0.25, 0.3) is 0 Å². The fourth-order valence-electron chi connectivity index (χ4n) is 0.847. The largest absolute Gasteiger partial charge is 0.380 e. The van der Waals surface area contributed by atoms with Gasteiger partial charge in [-0.1, -0.05) is 0 Å². The zero-order valence-electron chi connectivity index (χ0n) is 5.30. The second-order valence-electron chi connectivity index (χ2n) is 2.10. The summed E-state index contributed by atoms with van der Waals surface area (Å²) in [5, 5.41) is 3.04. The van der Waals surface area contributed by atoms with Crippen LogP contribution in [0.3, 0.4) is 0 Å². The molecule has 0 aromatic carbocycles. The zero-order valence-corrected chi connectivity index (χ0v) is 5.30. The molecule has 0 bridgehead atoms. The fourth-order valence-corrected chi connectivity index (χ4v) is 0.847. The monoisotopic (exact) mass is 129 g/mol. The summed E-state index contributed by atoms with van der Waals surface area (Å²) in [7, 11) is 0. The van der Waals surface area contributed by atoms with Crippen molar-refractivity contribution in [3.63, 3.8) is 0 Å². The van der Waals surface area contributed by atoms with Gasteiger partial charge in [-0.2, -0.15) is 0 Å². The topological polar surface area (TPSA) is 38.3 Å². The highest BCUT2D eigenvalue weighted by Gasteiger charge is 2.08. The van der Waals surface area contributed by atoms with E-state index in [0.717, 1.165) is 25.9 Å². The summed E-state index contributed by atoms with van der Waals surface area (Å²) in [4.78, 5) is 10.2. The van der Waals surface area contributed by atoms with Gasteiger partial charge in [0.15, 0.2) is 0 Å². The maximum atomic E-state index is 10.2. The van der Waals surface area contributed by atoms with E-state index in [9.17, 15) is 4.79 Å². The number of rotatable bonds is 1. The molecule has 3 heteroatoms. The zero-order chi connectivity index (χ0) is 6.53. The molecule has 0 amide bonds. The molecule has 1 heterocycles. The van der Waals surface area contributed by atoms with Crippen molar-refractivity contribution >= 4 is 6.29 Å². The van der Waals surface area contributed by atoms with Crippen molar-refractivity contribution in [3.05, 3.63) is 0 Å². The number of hydrogen-bond acceptors (Lipinski definition) is 3. The second-order valence-corrected chi connectivity index (χ2v) is 2.10. The van der Waals surface area contributed by atoms with Crippen LogP contribution in [0, 0.1) is 0 Å². The molecule has 3 nitrogen and oxygen atoms in total. The van der Waals surface area contributed by atoms with Gasteiger partial charge in [0, 0.05) is 13.2 Å². The molecule has 1 rings (SSSR count). The van der Waals surface area contributed by atoms with Gasteiger partial charge in [0.05, 0.1) is 12.6 Å². The van der Waals surface area contributed by atoms with Crippen LogP contribution in [0.1, 0.15) is 6.42 Å². The Balaban J connectivity index is 2.26. The Labute approximate surface area is 54.4 Å². The van der Waals surface area contributed by atoms with E-state index in [0.29, 0.717) is 6.61 Å². The van der Waals surface area contributed by atoms with Crippen LogP contribution in [0.15, 0.2) is 0 Å². The second kappa shape index (κ2) is 3.58. The molecule has 1 aliphatic heterocycles. The van der Waals surface area contributed by atoms with Gasteiger partial charge in [-0.3, -0.25) is 0 Å². The van der Waals surface area contributed by atoms with Gasteiger partial charge in [-0.25, -0.2) is 0 Å². The van der Waals surface area contributed by atoms with Crippen molar-refractivity contribution in [2.75, 3.05) is 19.8 Å². The standard InChI is InChI=1S/C6H11NO2/c8-5-6-1-3-9-4-2-7-6/h5-7H,1-4H2. The third-order valence-electron chi connectivity index (χ3n) is 1.39. The van der Waals surface area contributed by atoms with Gasteiger partial charge >= 0.3 is 0 Å². The maximum Gasteiger partial charge on any atom is 0.136 e. The van der Waals surface area contributed by atoms with Crippen LogP contribution in [0.5, 0.6) is 0 Å². The highest BCUT2D eigenvalue weighted by Crippen LogP contribution is 1.93. The lowest BCUT2D eigenvalue weighted by molar-refractivity contribution is -0.109. The first-order valence-electron chi connectivity index (χ1n) is 3.20. The highest BCUT2D eigenvalue weighted by molar-refractivity contribution is 5.57. The van der Waals surface area contributed by atoms with Crippen LogP contribution >= 0.6 is 0 Å². The average molecular weight is 129 g/mol. The van der Waals surface area contributed by atoms with Crippen LogP contribution in [0.2, 0.25) is 0 Å². The Hall–Kier alpha value is -0.410. The number of ether oxygens (including phenoxy) is 1. The van der Waals surface area contributed by atoms with Crippen LogP contribution in [0.4, 0.5) is 0 Å². The molecule has 52 valence electrons. The molecule has 0 spiro atoms. The number of hydrogen-bond donors (Lipinski definition) is 1. The van der Waals surface area contributed by atoms with Gasteiger partial charge in [0.2, 0.25) is 0 Å². The average Bonchev–Trinajstić information content (AvgIpc) is 2.13. The molecule has 0 aliphatic carbocycles. The third kappa shape index (κ3) is 2.11. The lowest BCUT2D eigenvalue weighted by Crippen LogP contribution is -2.30. The highest BCUT2D eigenvalue weighted by atomic mass is 16.5. The lowest BCUT2D eigenvalue weighted by Gasteiger charge is -2.03. The Morgan fingerprint density at radius 2 is 2.44 bits per heavy atom. The van der Waals surface area contributed by atoms with E-state index in [1.54, 1.807) is 0 Å². The summed E-state index contributed by atoms with van der Waals surface area (Å²) < 4.78 is 5.11. The first-order chi connectivity index (χ1) is 4.43. The van der Waals surface area contributed by atoms with E-state index in [4.69, 9.17) is 4.74 Å². The van der Waals surface area contributed by atoms with E-state index in [-0.39, 0.29) is 6.04 Å². The SMILES string of the molecule is O=CC1CCOCCN1. The third-order valence-corrected chi connectivity index (χ3v) is 1.39. The van der Waals surface area contributed by atoms with Crippen molar-refractivity contribution in [2.45, 2.75) is 12.5 Å². The molecule has 1 N–H and O–H groups in total. The van der Waals surface area contributed by atoms with E-state index in [1.807, 2.05) is 0 Å². The number of carbonyl (C=O) groups is 1. The van der Waals surface area contributed by atoms with Gasteiger partial charge in [0.1, 0.15) is 6.29 Å². The molecular formula is C6H11NO2. The molecule has 0 aromatic heterocycles. The minimum Gasteiger partial charge on any atom is -0.380 e. The normalized spacial score (nSPS) is 29.1. The number of aldehydes is 1. The summed E-state index contributed by atoms with van der Waals surface area (Å²) in [6.45, 7) is 2.23. The first-order valence-corrected chi connectivity index (χ1v) is 3.20. The van der Waals surface area contributed by atoms with E-state index in [1.165, 1.54) is 0 Å². The molecule has 0 aromatic rings. The van der Waals surface area contributed by atoms with Crippen molar-refractivity contribution in [1.82, 2.24) is 5.32 Å². The van der Waals surface area contributed by atoms with Crippen LogP contribution < -0.4 is 5.32 Å². The van der Waals surface area contributed by atoms with E-state index in [2.05, 4.69) is 5.32 Å². The quantitative estimate of drug-likeness (QED) is 0.488. The van der Waals surface area contributed by atoms with Gasteiger partial charge < -0.3 is 14.8 Å². The number of carbonyl (C=O) groups excluding carboxylic acids is 1. The summed E-state index contributed by atoms with van der Waals surface area (Å²) in [6, 6.07) is 0.0208. The van der Waals surface area contributed by atoms with Gasteiger partial charge in [0.25, 0.3) is 0 Å². The van der Waals surface area contributed by atoms with Crippen LogP contribution in [-0.2, 0) is 9.53 Å². The predicted octanol–water partition coefficient (Wildman–Crippen LogP) is -0.436. The Morgan fingerprint density at radius 3 is 3.22 bits per heavy atom. The molecule has 1 fully saturated rings. The molecule has 0 saturated carbocycles. The summed E-state index contributed by atoms with van der Waals surface area (Å²) in [5.41, 5.74) is 0. The molecular weight excluding hydrogens is 118 g/mol.